The average Bonchev–Trinajstić information content (AvgIpc) is 3.08. The summed E-state index contributed by atoms with van der Waals surface area (Å²) < 4.78 is 17.1. The van der Waals surface area contributed by atoms with E-state index in [2.05, 4.69) is 10.3 Å². The molecule has 136 valence electrons. The molecule has 0 fully saturated rings. The number of carbonyl (C=O) groups excluding carboxylic acids is 1. The van der Waals surface area contributed by atoms with Gasteiger partial charge in [-0.25, -0.2) is 4.98 Å². The van der Waals surface area contributed by atoms with Crippen molar-refractivity contribution in [3.05, 3.63) is 53.0 Å². The van der Waals surface area contributed by atoms with Crippen LogP contribution in [0.5, 0.6) is 11.5 Å². The van der Waals surface area contributed by atoms with Crippen LogP contribution in [-0.2, 0) is 22.7 Å². The number of amides is 1. The summed E-state index contributed by atoms with van der Waals surface area (Å²) in [4.78, 5) is 16.5. The lowest BCUT2D eigenvalue weighted by Gasteiger charge is -2.11. The molecular formula is C19H20N2O4S. The highest BCUT2D eigenvalue weighted by Crippen LogP contribution is 2.24. The van der Waals surface area contributed by atoms with E-state index in [9.17, 15) is 4.79 Å². The number of hydrogen-bond donors (Lipinski definition) is 1. The van der Waals surface area contributed by atoms with Gasteiger partial charge in [0, 0.05) is 12.1 Å². The molecule has 0 unspecified atom stereocenters. The third-order valence-corrected chi connectivity index (χ3v) is 4.77. The number of nitrogens with one attached hydrogen (secondary N) is 1. The summed E-state index contributed by atoms with van der Waals surface area (Å²) in [5.41, 5.74) is 1.79. The van der Waals surface area contributed by atoms with E-state index in [1.807, 2.05) is 42.5 Å². The van der Waals surface area contributed by atoms with Crippen LogP contribution in [0.25, 0.3) is 10.2 Å². The Kier molecular flexibility index (Phi) is 6.04. The first kappa shape index (κ1) is 18.2. The highest BCUT2D eigenvalue weighted by Gasteiger charge is 2.09. The van der Waals surface area contributed by atoms with Gasteiger partial charge in [0.2, 0.25) is 5.91 Å². The van der Waals surface area contributed by atoms with Gasteiger partial charge in [0.05, 0.1) is 31.0 Å². The van der Waals surface area contributed by atoms with Gasteiger partial charge in [-0.1, -0.05) is 12.1 Å². The van der Waals surface area contributed by atoms with Crippen molar-refractivity contribution in [2.75, 3.05) is 20.8 Å². The molecule has 0 atom stereocenters. The fourth-order valence-electron chi connectivity index (χ4n) is 2.48. The van der Waals surface area contributed by atoms with Crippen molar-refractivity contribution >= 4 is 27.5 Å². The van der Waals surface area contributed by atoms with Crippen LogP contribution in [0.1, 0.15) is 10.6 Å². The molecule has 0 aliphatic carbocycles. The van der Waals surface area contributed by atoms with Gasteiger partial charge in [0.1, 0.15) is 23.1 Å². The van der Waals surface area contributed by atoms with Crippen LogP contribution >= 0.6 is 11.3 Å². The zero-order valence-electron chi connectivity index (χ0n) is 14.7. The molecule has 6 nitrogen and oxygen atoms in total. The second-order valence-electron chi connectivity index (χ2n) is 5.52. The maximum absolute atomic E-state index is 12.0. The van der Waals surface area contributed by atoms with Crippen molar-refractivity contribution in [1.29, 1.82) is 0 Å². The fourth-order valence-corrected chi connectivity index (χ4v) is 3.38. The van der Waals surface area contributed by atoms with Crippen molar-refractivity contribution in [2.45, 2.75) is 13.2 Å². The minimum atomic E-state index is -0.198. The molecule has 1 N–H and O–H groups in total. The highest BCUT2D eigenvalue weighted by atomic mass is 32.1. The second kappa shape index (κ2) is 8.64. The summed E-state index contributed by atoms with van der Waals surface area (Å²) in [6, 6.07) is 13.4. The lowest BCUT2D eigenvalue weighted by atomic mass is 10.2. The Balaban J connectivity index is 1.48. The van der Waals surface area contributed by atoms with Gasteiger partial charge in [0.15, 0.2) is 0 Å². The van der Waals surface area contributed by atoms with E-state index in [4.69, 9.17) is 14.2 Å². The van der Waals surface area contributed by atoms with Crippen LogP contribution in [0.3, 0.4) is 0 Å². The van der Waals surface area contributed by atoms with Crippen molar-refractivity contribution in [3.63, 3.8) is 0 Å². The number of carbonyl (C=O) groups is 1. The molecule has 0 aliphatic rings. The van der Waals surface area contributed by atoms with Gasteiger partial charge in [-0.3, -0.25) is 4.79 Å². The molecule has 26 heavy (non-hydrogen) atoms. The normalized spacial score (nSPS) is 10.7. The summed E-state index contributed by atoms with van der Waals surface area (Å²) >= 11 is 1.57. The van der Waals surface area contributed by atoms with Crippen LogP contribution in [-0.4, -0.2) is 31.7 Å². The first-order chi connectivity index (χ1) is 12.7. The van der Waals surface area contributed by atoms with Crippen LogP contribution in [0.15, 0.2) is 42.5 Å². The zero-order valence-corrected chi connectivity index (χ0v) is 15.5. The Bertz CT molecular complexity index is 861. The molecule has 1 amide bonds. The van der Waals surface area contributed by atoms with Crippen LogP contribution in [0, 0.1) is 0 Å². The van der Waals surface area contributed by atoms with E-state index < -0.39 is 0 Å². The lowest BCUT2D eigenvalue weighted by Crippen LogP contribution is -2.27. The van der Waals surface area contributed by atoms with E-state index in [1.165, 1.54) is 0 Å². The quantitative estimate of drug-likeness (QED) is 0.658. The van der Waals surface area contributed by atoms with Gasteiger partial charge in [-0.05, 0) is 30.3 Å². The maximum Gasteiger partial charge on any atom is 0.246 e. The molecule has 3 rings (SSSR count). The number of ether oxygens (including phenoxy) is 3. The number of methoxy groups -OCH3 is 2. The number of thiazole rings is 1. The molecule has 7 heteroatoms. The van der Waals surface area contributed by atoms with Gasteiger partial charge in [0.25, 0.3) is 0 Å². The number of aromatic nitrogens is 1. The van der Waals surface area contributed by atoms with Gasteiger partial charge >= 0.3 is 0 Å². The van der Waals surface area contributed by atoms with Crippen molar-refractivity contribution in [2.24, 2.45) is 0 Å². The largest absolute Gasteiger partial charge is 0.497 e. The fraction of sp³-hybridized carbons (Fsp3) is 0.263. The van der Waals surface area contributed by atoms with E-state index >= 15 is 0 Å². The van der Waals surface area contributed by atoms with E-state index in [-0.39, 0.29) is 12.5 Å². The maximum atomic E-state index is 12.0. The predicted octanol–water partition coefficient (Wildman–Crippen LogP) is 3.15. The summed E-state index contributed by atoms with van der Waals surface area (Å²) in [7, 11) is 3.19. The van der Waals surface area contributed by atoms with E-state index in [0.29, 0.717) is 24.7 Å². The predicted molar refractivity (Wildman–Crippen MR) is 101 cm³/mol. The summed E-state index contributed by atoms with van der Waals surface area (Å²) in [5, 5.41) is 3.68. The van der Waals surface area contributed by atoms with E-state index in [1.54, 1.807) is 25.6 Å². The molecule has 2 aromatic carbocycles. The summed E-state index contributed by atoms with van der Waals surface area (Å²) in [6.07, 6.45) is 0. The number of rotatable bonds is 8. The smallest absolute Gasteiger partial charge is 0.246 e. The molecule has 1 heterocycles. The molecule has 0 radical (unpaired) electrons. The second-order valence-corrected chi connectivity index (χ2v) is 6.64. The molecule has 0 saturated heterocycles. The van der Waals surface area contributed by atoms with E-state index in [0.717, 1.165) is 20.8 Å². The minimum absolute atomic E-state index is 0.0256. The van der Waals surface area contributed by atoms with Gasteiger partial charge < -0.3 is 19.5 Å². The van der Waals surface area contributed by atoms with Crippen molar-refractivity contribution in [3.8, 4) is 11.5 Å². The average molecular weight is 372 g/mol. The third-order valence-electron chi connectivity index (χ3n) is 3.76. The Hall–Kier alpha value is -2.64. The Morgan fingerprint density at radius 1 is 1.15 bits per heavy atom. The first-order valence-corrected chi connectivity index (χ1v) is 8.91. The van der Waals surface area contributed by atoms with Gasteiger partial charge in [-0.2, -0.15) is 0 Å². The van der Waals surface area contributed by atoms with Crippen LogP contribution in [0.2, 0.25) is 0 Å². The first-order valence-electron chi connectivity index (χ1n) is 8.09. The minimum Gasteiger partial charge on any atom is -0.497 e. The molecule has 0 aliphatic heterocycles. The third kappa shape index (κ3) is 4.50. The number of benzene rings is 2. The van der Waals surface area contributed by atoms with Crippen molar-refractivity contribution < 1.29 is 19.0 Å². The lowest BCUT2D eigenvalue weighted by molar-refractivity contribution is -0.126. The number of hydrogen-bond acceptors (Lipinski definition) is 6. The Morgan fingerprint density at radius 3 is 2.77 bits per heavy atom. The Labute approximate surface area is 155 Å². The number of fused-ring (bicyclic) bond motifs is 1. The molecule has 1 aromatic heterocycles. The summed E-state index contributed by atoms with van der Waals surface area (Å²) in [6.45, 7) is 0.626. The summed E-state index contributed by atoms with van der Waals surface area (Å²) in [5.74, 6) is 1.21. The number of para-hydroxylation sites is 1. The SMILES string of the molecule is COc1ccc(OC)c(CNC(=O)COCc2nc3ccccc3s2)c1. The zero-order chi connectivity index (χ0) is 18.4. The monoisotopic (exact) mass is 372 g/mol. The highest BCUT2D eigenvalue weighted by molar-refractivity contribution is 7.18. The number of nitrogens with zero attached hydrogens (tertiary/aromatic N) is 1. The molecular weight excluding hydrogens is 352 g/mol. The van der Waals surface area contributed by atoms with Crippen LogP contribution < -0.4 is 14.8 Å². The standard InChI is InChI=1S/C19H20N2O4S/c1-23-14-7-8-16(24-2)13(9-14)10-20-18(22)11-25-12-19-21-15-5-3-4-6-17(15)26-19/h3-9H,10-12H2,1-2H3,(H,20,22). The Morgan fingerprint density at radius 2 is 2.00 bits per heavy atom. The molecule has 0 spiro atoms. The van der Waals surface area contributed by atoms with Gasteiger partial charge in [-0.15, -0.1) is 11.3 Å². The topological polar surface area (TPSA) is 69.7 Å². The molecule has 3 aromatic rings. The molecule has 0 saturated carbocycles. The van der Waals surface area contributed by atoms with Crippen molar-refractivity contribution in [1.82, 2.24) is 10.3 Å². The van der Waals surface area contributed by atoms with Crippen LogP contribution in [0.4, 0.5) is 0 Å². The molecule has 0 bridgehead atoms.